The van der Waals surface area contributed by atoms with Crippen LogP contribution >= 0.6 is 23.2 Å². The lowest BCUT2D eigenvalue weighted by molar-refractivity contribution is -0.132. The van der Waals surface area contributed by atoms with E-state index in [-0.39, 0.29) is 11.4 Å². The van der Waals surface area contributed by atoms with Gasteiger partial charge in [0.2, 0.25) is 0 Å². The molecule has 2 N–H and O–H groups in total. The van der Waals surface area contributed by atoms with Crippen LogP contribution in [0.25, 0.3) is 0 Å². The van der Waals surface area contributed by atoms with E-state index >= 15 is 0 Å². The van der Waals surface area contributed by atoms with Gasteiger partial charge in [0, 0.05) is 17.0 Å². The first-order chi connectivity index (χ1) is 17.4. The summed E-state index contributed by atoms with van der Waals surface area (Å²) in [4.78, 5) is 25.9. The van der Waals surface area contributed by atoms with Gasteiger partial charge in [0.25, 0.3) is 11.8 Å². The first-order valence-corrected chi connectivity index (χ1v) is 12.1. The smallest absolute Gasteiger partial charge is 0.262 e. The predicted octanol–water partition coefficient (Wildman–Crippen LogP) is 5.04. The van der Waals surface area contributed by atoms with Crippen LogP contribution < -0.4 is 20.2 Å². The van der Waals surface area contributed by atoms with Gasteiger partial charge < -0.3 is 14.8 Å². The van der Waals surface area contributed by atoms with Gasteiger partial charge in [0.1, 0.15) is 17.5 Å². The molecule has 2 atom stereocenters. The summed E-state index contributed by atoms with van der Waals surface area (Å²) in [7, 11) is 0. The Kier molecular flexibility index (Phi) is 10.2. The molecule has 3 aromatic carbocycles. The largest absolute Gasteiger partial charge is 0.493 e. The quantitative estimate of drug-likeness (QED) is 0.270. The van der Waals surface area contributed by atoms with Crippen molar-refractivity contribution in [3.05, 3.63) is 94.0 Å². The second-order valence-corrected chi connectivity index (χ2v) is 8.63. The fraction of sp³-hybridized carbons (Fsp3) is 0.222. The van der Waals surface area contributed by atoms with Gasteiger partial charge in [-0.1, -0.05) is 65.7 Å². The molecule has 0 aliphatic heterocycles. The molecular weight excluding hydrogens is 501 g/mol. The Morgan fingerprint density at radius 3 is 2.42 bits per heavy atom. The molecule has 7 nitrogen and oxygen atoms in total. The second kappa shape index (κ2) is 13.5. The molecule has 0 radical (unpaired) electrons. The zero-order valence-corrected chi connectivity index (χ0v) is 21.4. The maximum Gasteiger partial charge on any atom is 0.262 e. The standard InChI is InChI=1S/C27H27Cl2N3O4/c1-3-35-24-12-8-7-11-20(24)17-30-32-27(34)23(15-19-9-5-4-6-10-19)31-26(33)18(2)36-25-14-13-21(28)16-22(25)29/h4-14,16-18,23H,3,15H2,1-2H3,(H,31,33)(H,32,34)/b30-17-/t18-,23+/m1/s1. The van der Waals surface area contributed by atoms with Crippen molar-refractivity contribution in [1.82, 2.24) is 10.7 Å². The highest BCUT2D eigenvalue weighted by Crippen LogP contribution is 2.28. The Morgan fingerprint density at radius 1 is 0.972 bits per heavy atom. The summed E-state index contributed by atoms with van der Waals surface area (Å²) in [6.45, 7) is 3.96. The number of para-hydroxylation sites is 1. The molecule has 0 heterocycles. The minimum atomic E-state index is -0.920. The van der Waals surface area contributed by atoms with Gasteiger partial charge in [-0.25, -0.2) is 5.43 Å². The Balaban J connectivity index is 1.70. The third-order valence-electron chi connectivity index (χ3n) is 5.08. The summed E-state index contributed by atoms with van der Waals surface area (Å²) >= 11 is 12.1. The molecule has 3 aromatic rings. The lowest BCUT2D eigenvalue weighted by Gasteiger charge is -2.21. The van der Waals surface area contributed by atoms with Crippen molar-refractivity contribution in [3.63, 3.8) is 0 Å². The molecule has 0 aliphatic rings. The number of nitrogens with one attached hydrogen (secondary N) is 2. The molecule has 0 fully saturated rings. The summed E-state index contributed by atoms with van der Waals surface area (Å²) in [5.74, 6) is 0.00107. The minimum absolute atomic E-state index is 0.262. The number of rotatable bonds is 11. The fourth-order valence-corrected chi connectivity index (χ4v) is 3.73. The highest BCUT2D eigenvalue weighted by Gasteiger charge is 2.25. The van der Waals surface area contributed by atoms with Crippen LogP contribution in [-0.2, 0) is 16.0 Å². The van der Waals surface area contributed by atoms with Crippen LogP contribution in [0, 0.1) is 0 Å². The van der Waals surface area contributed by atoms with Crippen LogP contribution in [0.1, 0.15) is 25.0 Å². The molecule has 0 aliphatic carbocycles. The first kappa shape index (κ1) is 27.0. The van der Waals surface area contributed by atoms with Crippen molar-refractivity contribution in [3.8, 4) is 11.5 Å². The summed E-state index contributed by atoms with van der Waals surface area (Å²) in [6, 6.07) is 20.5. The summed E-state index contributed by atoms with van der Waals surface area (Å²) in [5.41, 5.74) is 4.10. The maximum absolute atomic E-state index is 13.0. The average molecular weight is 528 g/mol. The third-order valence-corrected chi connectivity index (χ3v) is 5.61. The fourth-order valence-electron chi connectivity index (χ4n) is 3.28. The van der Waals surface area contributed by atoms with Crippen LogP contribution in [-0.4, -0.2) is 36.8 Å². The van der Waals surface area contributed by atoms with E-state index in [0.717, 1.165) is 5.56 Å². The molecule has 0 saturated heterocycles. The van der Waals surface area contributed by atoms with Crippen LogP contribution in [0.5, 0.6) is 11.5 Å². The number of halogens is 2. The van der Waals surface area contributed by atoms with Gasteiger partial charge in [-0.05, 0) is 49.7 Å². The van der Waals surface area contributed by atoms with Crippen molar-refractivity contribution in [1.29, 1.82) is 0 Å². The van der Waals surface area contributed by atoms with Crippen molar-refractivity contribution in [2.75, 3.05) is 6.61 Å². The molecule has 0 bridgehead atoms. The lowest BCUT2D eigenvalue weighted by Crippen LogP contribution is -2.50. The molecule has 0 aromatic heterocycles. The van der Waals surface area contributed by atoms with E-state index in [1.165, 1.54) is 12.3 Å². The summed E-state index contributed by atoms with van der Waals surface area (Å²) < 4.78 is 11.3. The number of hydrogen-bond acceptors (Lipinski definition) is 5. The van der Waals surface area contributed by atoms with Crippen molar-refractivity contribution in [2.45, 2.75) is 32.4 Å². The van der Waals surface area contributed by atoms with Gasteiger partial charge in [-0.3, -0.25) is 9.59 Å². The molecule has 0 unspecified atom stereocenters. The van der Waals surface area contributed by atoms with Crippen molar-refractivity contribution in [2.24, 2.45) is 5.10 Å². The number of benzene rings is 3. The zero-order valence-electron chi connectivity index (χ0n) is 19.9. The van der Waals surface area contributed by atoms with Gasteiger partial charge in [0.15, 0.2) is 6.10 Å². The second-order valence-electron chi connectivity index (χ2n) is 7.79. The van der Waals surface area contributed by atoms with Gasteiger partial charge >= 0.3 is 0 Å². The Bertz CT molecular complexity index is 1200. The monoisotopic (exact) mass is 527 g/mol. The summed E-state index contributed by atoms with van der Waals surface area (Å²) in [5, 5.41) is 7.55. The van der Waals surface area contributed by atoms with Crippen LogP contribution in [0.15, 0.2) is 77.9 Å². The van der Waals surface area contributed by atoms with Gasteiger partial charge in [0.05, 0.1) is 17.8 Å². The number of hydrogen-bond donors (Lipinski definition) is 2. The Hall–Kier alpha value is -3.55. The van der Waals surface area contributed by atoms with Crippen molar-refractivity contribution >= 4 is 41.2 Å². The molecule has 3 rings (SSSR count). The van der Waals surface area contributed by atoms with Crippen LogP contribution in [0.2, 0.25) is 10.0 Å². The normalized spacial score (nSPS) is 12.6. The lowest BCUT2D eigenvalue weighted by atomic mass is 10.1. The van der Waals surface area contributed by atoms with E-state index < -0.39 is 24.0 Å². The van der Waals surface area contributed by atoms with E-state index in [9.17, 15) is 9.59 Å². The minimum Gasteiger partial charge on any atom is -0.493 e. The number of carbonyl (C=O) groups excluding carboxylic acids is 2. The highest BCUT2D eigenvalue weighted by molar-refractivity contribution is 6.35. The molecule has 2 amide bonds. The molecule has 0 saturated carbocycles. The number of hydrazone groups is 1. The first-order valence-electron chi connectivity index (χ1n) is 11.4. The molecule has 0 spiro atoms. The Labute approximate surface area is 220 Å². The Morgan fingerprint density at radius 2 is 1.69 bits per heavy atom. The number of amides is 2. The molecule has 36 heavy (non-hydrogen) atoms. The predicted molar refractivity (Wildman–Crippen MR) is 142 cm³/mol. The third kappa shape index (κ3) is 8.00. The number of ether oxygens (including phenoxy) is 2. The van der Waals surface area contributed by atoms with E-state index in [1.54, 1.807) is 19.1 Å². The number of carbonyl (C=O) groups is 2. The molecule has 188 valence electrons. The SMILES string of the molecule is CCOc1ccccc1/C=N\NC(=O)[C@H](Cc1ccccc1)NC(=O)[C@@H](C)Oc1ccc(Cl)cc1Cl. The maximum atomic E-state index is 13.0. The van der Waals surface area contributed by atoms with Crippen LogP contribution in [0.3, 0.4) is 0 Å². The average Bonchev–Trinajstić information content (AvgIpc) is 2.87. The zero-order chi connectivity index (χ0) is 25.9. The highest BCUT2D eigenvalue weighted by atomic mass is 35.5. The molecular formula is C27H27Cl2N3O4. The summed E-state index contributed by atoms with van der Waals surface area (Å²) in [6.07, 6.45) is 0.840. The topological polar surface area (TPSA) is 89.0 Å². The van der Waals surface area contributed by atoms with Gasteiger partial charge in [-0.15, -0.1) is 0 Å². The van der Waals surface area contributed by atoms with Crippen LogP contribution in [0.4, 0.5) is 0 Å². The van der Waals surface area contributed by atoms with Gasteiger partial charge in [-0.2, -0.15) is 5.10 Å². The van der Waals surface area contributed by atoms with E-state index in [1.807, 2.05) is 61.5 Å². The number of nitrogens with zero attached hydrogens (tertiary/aromatic N) is 1. The van der Waals surface area contributed by atoms with E-state index in [4.69, 9.17) is 32.7 Å². The van der Waals surface area contributed by atoms with Crippen molar-refractivity contribution < 1.29 is 19.1 Å². The van der Waals surface area contributed by atoms with E-state index in [0.29, 0.717) is 28.7 Å². The molecule has 9 heteroatoms. The van der Waals surface area contributed by atoms with E-state index in [2.05, 4.69) is 15.8 Å².